The van der Waals surface area contributed by atoms with E-state index in [-0.39, 0.29) is 11.9 Å². The van der Waals surface area contributed by atoms with Crippen LogP contribution < -0.4 is 5.32 Å². The number of aromatic nitrogens is 3. The lowest BCUT2D eigenvalue weighted by Gasteiger charge is -2.15. The van der Waals surface area contributed by atoms with Gasteiger partial charge in [-0.15, -0.1) is 0 Å². The predicted octanol–water partition coefficient (Wildman–Crippen LogP) is 2.90. The lowest BCUT2D eigenvalue weighted by molar-refractivity contribution is 0.0933. The second-order valence-corrected chi connectivity index (χ2v) is 4.82. The zero-order valence-electron chi connectivity index (χ0n) is 11.5. The highest BCUT2D eigenvalue weighted by molar-refractivity contribution is 6.29. The average Bonchev–Trinajstić information content (AvgIpc) is 2.97. The Bertz CT molecular complexity index is 583. The molecule has 20 heavy (non-hydrogen) atoms. The summed E-state index contributed by atoms with van der Waals surface area (Å²) in [5.41, 5.74) is 1.32. The van der Waals surface area contributed by atoms with E-state index < -0.39 is 0 Å². The van der Waals surface area contributed by atoms with Crippen LogP contribution in [0.1, 0.15) is 48.2 Å². The highest BCUT2D eigenvalue weighted by Crippen LogP contribution is 2.15. The van der Waals surface area contributed by atoms with Gasteiger partial charge in [0.15, 0.2) is 0 Å². The minimum Gasteiger partial charge on any atom is -0.347 e. The number of aryl methyl sites for hydroxylation is 1. The zero-order valence-corrected chi connectivity index (χ0v) is 12.2. The van der Waals surface area contributed by atoms with Gasteiger partial charge in [-0.25, -0.2) is 9.97 Å². The minimum absolute atomic E-state index is 0.144. The van der Waals surface area contributed by atoms with E-state index >= 15 is 0 Å². The number of halogens is 1. The summed E-state index contributed by atoms with van der Waals surface area (Å²) in [6.07, 6.45) is 4.89. The summed E-state index contributed by atoms with van der Waals surface area (Å²) in [5, 5.41) is 3.28. The van der Waals surface area contributed by atoms with Crippen LogP contribution in [-0.2, 0) is 6.42 Å². The molecule has 0 aromatic carbocycles. The third-order valence-electron chi connectivity index (χ3n) is 3.03. The van der Waals surface area contributed by atoms with Crippen molar-refractivity contribution in [2.75, 3.05) is 0 Å². The number of nitrogens with one attached hydrogen (secondary N) is 2. The van der Waals surface area contributed by atoms with E-state index in [9.17, 15) is 4.79 Å². The van der Waals surface area contributed by atoms with Crippen molar-refractivity contribution in [3.8, 4) is 0 Å². The second kappa shape index (κ2) is 6.52. The molecule has 0 saturated carbocycles. The zero-order chi connectivity index (χ0) is 14.5. The fourth-order valence-corrected chi connectivity index (χ4v) is 2.16. The summed E-state index contributed by atoms with van der Waals surface area (Å²) in [4.78, 5) is 23.6. The van der Waals surface area contributed by atoms with Gasteiger partial charge in [-0.1, -0.05) is 25.4 Å². The number of hydrogen-bond donors (Lipinski definition) is 2. The molecule has 0 aliphatic carbocycles. The molecule has 0 bridgehead atoms. The Balaban J connectivity index is 2.17. The normalized spacial score (nSPS) is 12.2. The minimum atomic E-state index is -0.174. The van der Waals surface area contributed by atoms with E-state index in [2.05, 4.69) is 20.3 Å². The first-order valence-electron chi connectivity index (χ1n) is 6.60. The van der Waals surface area contributed by atoms with Gasteiger partial charge in [-0.05, 0) is 25.0 Å². The smallest absolute Gasteiger partial charge is 0.252 e. The Morgan fingerprint density at radius 3 is 2.85 bits per heavy atom. The van der Waals surface area contributed by atoms with Crippen LogP contribution in [-0.4, -0.2) is 20.9 Å². The van der Waals surface area contributed by atoms with Gasteiger partial charge in [-0.2, -0.15) is 0 Å². The molecule has 0 aliphatic rings. The predicted molar refractivity (Wildman–Crippen MR) is 77.7 cm³/mol. The third-order valence-corrected chi connectivity index (χ3v) is 3.23. The number of carbonyl (C=O) groups excluding carboxylic acids is 1. The highest BCUT2D eigenvalue weighted by atomic mass is 35.5. The average molecular weight is 293 g/mol. The Labute approximate surface area is 122 Å². The Morgan fingerprint density at radius 2 is 2.25 bits per heavy atom. The van der Waals surface area contributed by atoms with Crippen molar-refractivity contribution in [3.63, 3.8) is 0 Å². The first-order valence-corrected chi connectivity index (χ1v) is 6.98. The number of rotatable bonds is 5. The van der Waals surface area contributed by atoms with Crippen LogP contribution in [0.2, 0.25) is 5.15 Å². The Hall–Kier alpha value is -1.88. The van der Waals surface area contributed by atoms with Crippen molar-refractivity contribution in [2.45, 2.75) is 32.7 Å². The van der Waals surface area contributed by atoms with Gasteiger partial charge in [0.25, 0.3) is 5.91 Å². The maximum absolute atomic E-state index is 12.3. The first kappa shape index (κ1) is 14.5. The number of nitrogens with zero attached hydrogens (tertiary/aromatic N) is 2. The molecule has 0 spiro atoms. The molecule has 2 aromatic heterocycles. The molecule has 6 heteroatoms. The summed E-state index contributed by atoms with van der Waals surface area (Å²) in [7, 11) is 0. The van der Waals surface area contributed by atoms with Crippen molar-refractivity contribution in [1.82, 2.24) is 20.3 Å². The summed E-state index contributed by atoms with van der Waals surface area (Å²) in [5.74, 6) is 0.573. The number of H-pyrrole nitrogens is 1. The van der Waals surface area contributed by atoms with Gasteiger partial charge < -0.3 is 10.3 Å². The van der Waals surface area contributed by atoms with Crippen LogP contribution in [0, 0.1) is 0 Å². The van der Waals surface area contributed by atoms with Crippen LogP contribution in [0.25, 0.3) is 0 Å². The quantitative estimate of drug-likeness (QED) is 0.833. The molecule has 1 atom stereocenters. The van der Waals surface area contributed by atoms with Gasteiger partial charge in [0, 0.05) is 23.7 Å². The van der Waals surface area contributed by atoms with Crippen LogP contribution in [0.15, 0.2) is 24.5 Å². The van der Waals surface area contributed by atoms with Crippen LogP contribution in [0.3, 0.4) is 0 Å². The topological polar surface area (TPSA) is 70.7 Å². The number of imidazole rings is 1. The molecule has 2 N–H and O–H groups in total. The standard InChI is InChI=1S/C14H17ClN4O/c1-3-10-7-9(8-12(15)18-10)14(20)19-11(4-2)13-16-5-6-17-13/h5-8,11H,3-4H2,1-2H3,(H,16,17)(H,19,20). The Kier molecular flexibility index (Phi) is 4.74. The number of pyridine rings is 1. The van der Waals surface area contributed by atoms with E-state index in [1.165, 1.54) is 0 Å². The molecule has 2 rings (SSSR count). The number of amides is 1. The SMILES string of the molecule is CCc1cc(C(=O)NC(CC)c2ncc[nH]2)cc(Cl)n1. The molecule has 2 heterocycles. The maximum atomic E-state index is 12.3. The second-order valence-electron chi connectivity index (χ2n) is 4.43. The molecule has 0 aliphatic heterocycles. The van der Waals surface area contributed by atoms with E-state index in [1.54, 1.807) is 24.5 Å². The molecule has 5 nitrogen and oxygen atoms in total. The lowest BCUT2D eigenvalue weighted by Crippen LogP contribution is -2.29. The van der Waals surface area contributed by atoms with Crippen LogP contribution in [0.5, 0.6) is 0 Å². The van der Waals surface area contributed by atoms with Gasteiger partial charge >= 0.3 is 0 Å². The molecule has 1 unspecified atom stereocenters. The monoisotopic (exact) mass is 292 g/mol. The summed E-state index contributed by atoms with van der Waals surface area (Å²) >= 11 is 5.93. The van der Waals surface area contributed by atoms with Gasteiger partial charge in [-0.3, -0.25) is 4.79 Å². The molecule has 0 saturated heterocycles. The molecular weight excluding hydrogens is 276 g/mol. The summed E-state index contributed by atoms with van der Waals surface area (Å²) < 4.78 is 0. The van der Waals surface area contributed by atoms with Crippen molar-refractivity contribution >= 4 is 17.5 Å². The van der Waals surface area contributed by atoms with Crippen molar-refractivity contribution in [2.24, 2.45) is 0 Å². The highest BCUT2D eigenvalue weighted by Gasteiger charge is 2.16. The fraction of sp³-hybridized carbons (Fsp3) is 0.357. The lowest BCUT2D eigenvalue weighted by atomic mass is 10.1. The maximum Gasteiger partial charge on any atom is 0.252 e. The van der Waals surface area contributed by atoms with E-state index in [0.29, 0.717) is 10.7 Å². The molecule has 106 valence electrons. The molecular formula is C14H17ClN4O. The van der Waals surface area contributed by atoms with Crippen LogP contribution >= 0.6 is 11.6 Å². The van der Waals surface area contributed by atoms with Crippen molar-refractivity contribution < 1.29 is 4.79 Å². The fourth-order valence-electron chi connectivity index (χ4n) is 1.94. The van der Waals surface area contributed by atoms with Gasteiger partial charge in [0.05, 0.1) is 6.04 Å². The number of hydrogen-bond acceptors (Lipinski definition) is 3. The molecule has 0 radical (unpaired) electrons. The molecule has 1 amide bonds. The van der Waals surface area contributed by atoms with Gasteiger partial charge in [0.1, 0.15) is 11.0 Å². The Morgan fingerprint density at radius 1 is 1.45 bits per heavy atom. The largest absolute Gasteiger partial charge is 0.347 e. The number of carbonyl (C=O) groups is 1. The van der Waals surface area contributed by atoms with E-state index in [1.807, 2.05) is 13.8 Å². The van der Waals surface area contributed by atoms with Crippen molar-refractivity contribution in [3.05, 3.63) is 46.8 Å². The summed E-state index contributed by atoms with van der Waals surface area (Å²) in [6, 6.07) is 3.19. The third kappa shape index (κ3) is 3.36. The molecule has 0 fully saturated rings. The molecule has 2 aromatic rings. The van der Waals surface area contributed by atoms with Crippen LogP contribution in [0.4, 0.5) is 0 Å². The summed E-state index contributed by atoms with van der Waals surface area (Å²) in [6.45, 7) is 3.96. The van der Waals surface area contributed by atoms with E-state index in [4.69, 9.17) is 11.6 Å². The van der Waals surface area contributed by atoms with Crippen molar-refractivity contribution in [1.29, 1.82) is 0 Å². The number of aromatic amines is 1. The van der Waals surface area contributed by atoms with E-state index in [0.717, 1.165) is 24.4 Å². The van der Waals surface area contributed by atoms with Gasteiger partial charge in [0.2, 0.25) is 0 Å². The first-order chi connectivity index (χ1) is 9.63.